The van der Waals surface area contributed by atoms with Gasteiger partial charge in [0.25, 0.3) is 0 Å². The molecule has 0 aromatic carbocycles. The normalized spacial score (nSPS) is 9.64. The van der Waals surface area contributed by atoms with E-state index >= 15 is 0 Å². The Bertz CT molecular complexity index is 102. The molecule has 0 heterocycles. The SMILES string of the molecule is [CH2]CCCCOCC(=O)OC. The molecule has 3 heteroatoms. The van der Waals surface area contributed by atoms with E-state index in [0.717, 1.165) is 19.3 Å². The molecule has 0 aliphatic heterocycles. The van der Waals surface area contributed by atoms with E-state index in [1.165, 1.54) is 7.11 Å². The Morgan fingerprint density at radius 2 is 2.18 bits per heavy atom. The van der Waals surface area contributed by atoms with Crippen LogP contribution in [-0.4, -0.2) is 26.3 Å². The third kappa shape index (κ3) is 7.33. The number of carbonyl (C=O) groups is 1. The summed E-state index contributed by atoms with van der Waals surface area (Å²) in [6.45, 7) is 4.37. The Hall–Kier alpha value is -0.570. The van der Waals surface area contributed by atoms with Crippen molar-refractivity contribution in [1.29, 1.82) is 0 Å². The van der Waals surface area contributed by atoms with Crippen LogP contribution in [0.3, 0.4) is 0 Å². The Balaban J connectivity index is 2.95. The van der Waals surface area contributed by atoms with Gasteiger partial charge in [-0.3, -0.25) is 0 Å². The van der Waals surface area contributed by atoms with Crippen LogP contribution >= 0.6 is 0 Å². The smallest absolute Gasteiger partial charge is 0.331 e. The van der Waals surface area contributed by atoms with E-state index < -0.39 is 0 Å². The summed E-state index contributed by atoms with van der Waals surface area (Å²) < 4.78 is 9.37. The first-order valence-electron chi connectivity index (χ1n) is 3.75. The van der Waals surface area contributed by atoms with E-state index in [1.54, 1.807) is 0 Å². The van der Waals surface area contributed by atoms with Crippen molar-refractivity contribution in [1.82, 2.24) is 0 Å². The maximum absolute atomic E-state index is 10.5. The number of esters is 1. The highest BCUT2D eigenvalue weighted by Gasteiger charge is 1.97. The van der Waals surface area contributed by atoms with Crippen LogP contribution in [0, 0.1) is 6.92 Å². The lowest BCUT2D eigenvalue weighted by atomic mass is 10.3. The van der Waals surface area contributed by atoms with Crippen LogP contribution in [-0.2, 0) is 14.3 Å². The molecule has 0 fully saturated rings. The van der Waals surface area contributed by atoms with Gasteiger partial charge in [0, 0.05) is 6.61 Å². The lowest BCUT2D eigenvalue weighted by Crippen LogP contribution is -2.10. The molecule has 65 valence electrons. The van der Waals surface area contributed by atoms with Crippen molar-refractivity contribution in [2.45, 2.75) is 19.3 Å². The molecule has 0 saturated heterocycles. The maximum atomic E-state index is 10.5. The molecule has 0 aliphatic rings. The van der Waals surface area contributed by atoms with Crippen LogP contribution in [0.1, 0.15) is 19.3 Å². The van der Waals surface area contributed by atoms with Gasteiger partial charge in [0.05, 0.1) is 7.11 Å². The number of hydrogen-bond acceptors (Lipinski definition) is 3. The first-order valence-corrected chi connectivity index (χ1v) is 3.75. The molecule has 0 rings (SSSR count). The molecule has 0 aromatic heterocycles. The highest BCUT2D eigenvalue weighted by Crippen LogP contribution is 1.93. The summed E-state index contributed by atoms with van der Waals surface area (Å²) in [7, 11) is 1.35. The largest absolute Gasteiger partial charge is 0.467 e. The molecule has 0 spiro atoms. The van der Waals surface area contributed by atoms with Crippen LogP contribution in [0.25, 0.3) is 0 Å². The summed E-state index contributed by atoms with van der Waals surface area (Å²) in [5, 5.41) is 0. The Kier molecular flexibility index (Phi) is 7.15. The third-order valence-corrected chi connectivity index (χ3v) is 1.24. The van der Waals surface area contributed by atoms with Crippen LogP contribution in [0.5, 0.6) is 0 Å². The Labute approximate surface area is 67.7 Å². The molecule has 0 unspecified atom stereocenters. The van der Waals surface area contributed by atoms with Gasteiger partial charge < -0.3 is 9.47 Å². The molecule has 0 bridgehead atoms. The lowest BCUT2D eigenvalue weighted by molar-refractivity contribution is -0.145. The topological polar surface area (TPSA) is 35.5 Å². The zero-order valence-corrected chi connectivity index (χ0v) is 6.97. The summed E-state index contributed by atoms with van der Waals surface area (Å²) in [5.74, 6) is -0.320. The molecule has 0 aliphatic carbocycles. The predicted molar refractivity (Wildman–Crippen MR) is 42.0 cm³/mol. The van der Waals surface area contributed by atoms with Crippen LogP contribution in [0.4, 0.5) is 0 Å². The van der Waals surface area contributed by atoms with Crippen molar-refractivity contribution < 1.29 is 14.3 Å². The van der Waals surface area contributed by atoms with Gasteiger partial charge in [-0.15, -0.1) is 0 Å². The summed E-state index contributed by atoms with van der Waals surface area (Å²) in [4.78, 5) is 10.5. The first-order chi connectivity index (χ1) is 5.31. The van der Waals surface area contributed by atoms with Crippen molar-refractivity contribution in [3.8, 4) is 0 Å². The second-order valence-corrected chi connectivity index (χ2v) is 2.19. The van der Waals surface area contributed by atoms with E-state index in [4.69, 9.17) is 4.74 Å². The van der Waals surface area contributed by atoms with E-state index in [1.807, 2.05) is 0 Å². The van der Waals surface area contributed by atoms with Crippen LogP contribution in [0.15, 0.2) is 0 Å². The average Bonchev–Trinajstić information content (AvgIpc) is 2.04. The minimum atomic E-state index is -0.320. The lowest BCUT2D eigenvalue weighted by Gasteiger charge is -2.00. The molecule has 0 aromatic rings. The Morgan fingerprint density at radius 3 is 2.73 bits per heavy atom. The molecule has 0 saturated carbocycles. The average molecular weight is 159 g/mol. The first kappa shape index (κ1) is 10.4. The minimum Gasteiger partial charge on any atom is -0.467 e. The van der Waals surface area contributed by atoms with E-state index in [9.17, 15) is 4.79 Å². The summed E-state index contributed by atoms with van der Waals surface area (Å²) in [6.07, 6.45) is 2.92. The second kappa shape index (κ2) is 7.54. The number of ether oxygens (including phenoxy) is 2. The van der Waals surface area contributed by atoms with Gasteiger partial charge in [0.1, 0.15) is 6.61 Å². The quantitative estimate of drug-likeness (QED) is 0.431. The number of carbonyl (C=O) groups excluding carboxylic acids is 1. The van der Waals surface area contributed by atoms with Gasteiger partial charge in [-0.05, 0) is 6.42 Å². The van der Waals surface area contributed by atoms with E-state index in [2.05, 4.69) is 11.7 Å². The molecule has 11 heavy (non-hydrogen) atoms. The summed E-state index contributed by atoms with van der Waals surface area (Å²) in [5.41, 5.74) is 0. The van der Waals surface area contributed by atoms with Gasteiger partial charge in [-0.1, -0.05) is 19.8 Å². The monoisotopic (exact) mass is 159 g/mol. The van der Waals surface area contributed by atoms with Gasteiger partial charge in [0.15, 0.2) is 0 Å². The fraction of sp³-hybridized carbons (Fsp3) is 0.750. The zero-order chi connectivity index (χ0) is 8.53. The molecule has 3 nitrogen and oxygen atoms in total. The molecule has 0 atom stereocenters. The van der Waals surface area contributed by atoms with Crippen molar-refractivity contribution in [2.24, 2.45) is 0 Å². The highest BCUT2D eigenvalue weighted by molar-refractivity contribution is 5.70. The van der Waals surface area contributed by atoms with Crippen molar-refractivity contribution in [2.75, 3.05) is 20.3 Å². The number of methoxy groups -OCH3 is 1. The van der Waals surface area contributed by atoms with Crippen LogP contribution < -0.4 is 0 Å². The molecular weight excluding hydrogens is 144 g/mol. The third-order valence-electron chi connectivity index (χ3n) is 1.24. The fourth-order valence-corrected chi connectivity index (χ4v) is 0.595. The van der Waals surface area contributed by atoms with Gasteiger partial charge in [-0.25, -0.2) is 4.79 Å². The summed E-state index contributed by atoms with van der Waals surface area (Å²) >= 11 is 0. The minimum absolute atomic E-state index is 0.0631. The molecular formula is C8H15O3. The number of hydrogen-bond donors (Lipinski definition) is 0. The maximum Gasteiger partial charge on any atom is 0.331 e. The molecule has 1 radical (unpaired) electrons. The van der Waals surface area contributed by atoms with Crippen molar-refractivity contribution >= 4 is 5.97 Å². The molecule has 0 amide bonds. The standard InChI is InChI=1S/C8H15O3/c1-3-4-5-6-11-7-8(9)10-2/h1,3-7H2,2H3. The van der Waals surface area contributed by atoms with Crippen LogP contribution in [0.2, 0.25) is 0 Å². The van der Waals surface area contributed by atoms with E-state index in [0.29, 0.717) is 6.61 Å². The fourth-order valence-electron chi connectivity index (χ4n) is 0.595. The number of unbranched alkanes of at least 4 members (excludes halogenated alkanes) is 2. The second-order valence-electron chi connectivity index (χ2n) is 2.19. The van der Waals surface area contributed by atoms with Gasteiger partial charge >= 0.3 is 5.97 Å². The van der Waals surface area contributed by atoms with Crippen molar-refractivity contribution in [3.05, 3.63) is 6.92 Å². The van der Waals surface area contributed by atoms with Gasteiger partial charge in [0.2, 0.25) is 0 Å². The molecule has 0 N–H and O–H groups in total. The Morgan fingerprint density at radius 1 is 1.45 bits per heavy atom. The summed E-state index contributed by atoms with van der Waals surface area (Å²) in [6, 6.07) is 0. The van der Waals surface area contributed by atoms with E-state index in [-0.39, 0.29) is 12.6 Å². The predicted octanol–water partition coefficient (Wildman–Crippen LogP) is 1.18. The number of rotatable bonds is 6. The van der Waals surface area contributed by atoms with Crippen molar-refractivity contribution in [3.63, 3.8) is 0 Å². The highest BCUT2D eigenvalue weighted by atomic mass is 16.6. The zero-order valence-electron chi connectivity index (χ0n) is 6.97. The van der Waals surface area contributed by atoms with Gasteiger partial charge in [-0.2, -0.15) is 0 Å².